The standard InChI is InChI=1S/C24H17F2N5O4S/c1-36(32,33)21-8-7-14(13-29-21)34-19-11-16-17(31-24(30-16)15-5-2-3-9-27-15)12-20(19)35-18-6-4-10-28-22(18)23(25)26/h2-13,23H,1H3,(H,30,31). The number of imidazole rings is 1. The molecule has 5 rings (SSSR count). The molecule has 9 nitrogen and oxygen atoms in total. The van der Waals surface area contributed by atoms with Crippen molar-refractivity contribution in [2.24, 2.45) is 0 Å². The highest BCUT2D eigenvalue weighted by Gasteiger charge is 2.20. The Hall–Kier alpha value is -4.45. The molecule has 0 aliphatic carbocycles. The van der Waals surface area contributed by atoms with Gasteiger partial charge in [0.25, 0.3) is 6.43 Å². The minimum Gasteiger partial charge on any atom is -0.452 e. The van der Waals surface area contributed by atoms with Gasteiger partial charge in [-0.1, -0.05) is 6.07 Å². The number of aromatic amines is 1. The quantitative estimate of drug-likeness (QED) is 0.312. The number of rotatable bonds is 7. The number of nitrogens with zero attached hydrogens (tertiary/aromatic N) is 4. The van der Waals surface area contributed by atoms with Gasteiger partial charge in [0.2, 0.25) is 0 Å². The van der Waals surface area contributed by atoms with Gasteiger partial charge in [-0.2, -0.15) is 0 Å². The normalized spacial score (nSPS) is 11.7. The molecule has 0 saturated heterocycles. The van der Waals surface area contributed by atoms with E-state index in [1.807, 2.05) is 6.07 Å². The van der Waals surface area contributed by atoms with E-state index in [0.29, 0.717) is 22.6 Å². The Morgan fingerprint density at radius 3 is 2.39 bits per heavy atom. The number of alkyl halides is 2. The van der Waals surface area contributed by atoms with Crippen LogP contribution < -0.4 is 9.47 Å². The van der Waals surface area contributed by atoms with Crippen LogP contribution in [-0.4, -0.2) is 39.6 Å². The van der Waals surface area contributed by atoms with Crippen LogP contribution in [0.4, 0.5) is 8.78 Å². The zero-order chi connectivity index (χ0) is 25.3. The molecule has 0 amide bonds. The summed E-state index contributed by atoms with van der Waals surface area (Å²) in [5.74, 6) is 0.780. The van der Waals surface area contributed by atoms with Crippen molar-refractivity contribution in [1.29, 1.82) is 0 Å². The Morgan fingerprint density at radius 2 is 1.69 bits per heavy atom. The van der Waals surface area contributed by atoms with E-state index in [1.165, 1.54) is 42.7 Å². The van der Waals surface area contributed by atoms with E-state index in [9.17, 15) is 17.2 Å². The number of H-pyrrole nitrogens is 1. The fourth-order valence-corrected chi connectivity index (χ4v) is 3.91. The summed E-state index contributed by atoms with van der Waals surface area (Å²) in [5, 5.41) is -0.118. The molecule has 1 N–H and O–H groups in total. The largest absolute Gasteiger partial charge is 0.452 e. The van der Waals surface area contributed by atoms with E-state index in [4.69, 9.17) is 9.47 Å². The lowest BCUT2D eigenvalue weighted by molar-refractivity contribution is 0.142. The molecule has 0 aliphatic rings. The first-order valence-electron chi connectivity index (χ1n) is 10.5. The first-order valence-corrected chi connectivity index (χ1v) is 12.4. The van der Waals surface area contributed by atoms with Crippen molar-refractivity contribution in [3.05, 3.63) is 78.9 Å². The number of fused-ring (bicyclic) bond motifs is 1. The van der Waals surface area contributed by atoms with E-state index in [1.54, 1.807) is 24.4 Å². The average Bonchev–Trinajstić information content (AvgIpc) is 3.27. The molecule has 5 aromatic rings. The van der Waals surface area contributed by atoms with Gasteiger partial charge in [-0.3, -0.25) is 9.97 Å². The lowest BCUT2D eigenvalue weighted by atomic mass is 10.2. The molecular formula is C24H17F2N5O4S. The number of nitrogens with one attached hydrogen (secondary N) is 1. The van der Waals surface area contributed by atoms with E-state index in [0.717, 1.165) is 6.26 Å². The van der Waals surface area contributed by atoms with E-state index < -0.39 is 22.0 Å². The molecule has 0 bridgehead atoms. The van der Waals surface area contributed by atoms with Crippen molar-refractivity contribution in [3.8, 4) is 34.5 Å². The molecule has 1 aromatic carbocycles. The molecule has 4 aromatic heterocycles. The van der Waals surface area contributed by atoms with Crippen LogP contribution in [0.5, 0.6) is 23.0 Å². The zero-order valence-electron chi connectivity index (χ0n) is 18.6. The molecule has 0 unspecified atom stereocenters. The molecule has 0 radical (unpaired) electrons. The summed E-state index contributed by atoms with van der Waals surface area (Å²) >= 11 is 0. The molecule has 0 spiro atoms. The fourth-order valence-electron chi connectivity index (χ4n) is 3.35. The summed E-state index contributed by atoms with van der Waals surface area (Å²) in [6.07, 6.45) is 2.31. The molecule has 12 heteroatoms. The Balaban J connectivity index is 1.59. The SMILES string of the molecule is CS(=O)(=O)c1ccc(Oc2cc3[nH]c(-c4ccccn4)nc3cc2Oc2cccnc2C(F)F)cn1. The molecule has 0 atom stereocenters. The molecule has 0 fully saturated rings. The highest BCUT2D eigenvalue weighted by molar-refractivity contribution is 7.90. The maximum absolute atomic E-state index is 13.5. The van der Waals surface area contributed by atoms with Crippen LogP contribution >= 0.6 is 0 Å². The van der Waals surface area contributed by atoms with Crippen LogP contribution in [0.25, 0.3) is 22.6 Å². The summed E-state index contributed by atoms with van der Waals surface area (Å²) in [7, 11) is -3.50. The van der Waals surface area contributed by atoms with Crippen LogP contribution in [0.15, 0.2) is 78.2 Å². The molecule has 0 saturated carbocycles. The third-order valence-electron chi connectivity index (χ3n) is 5.00. The topological polar surface area (TPSA) is 120 Å². The van der Waals surface area contributed by atoms with Gasteiger partial charge < -0.3 is 14.5 Å². The van der Waals surface area contributed by atoms with Gasteiger partial charge in [-0.05, 0) is 36.4 Å². The van der Waals surface area contributed by atoms with Crippen molar-refractivity contribution < 1.29 is 26.7 Å². The minimum atomic E-state index is -3.50. The molecule has 182 valence electrons. The Labute approximate surface area is 203 Å². The summed E-state index contributed by atoms with van der Waals surface area (Å²) in [4.78, 5) is 19.6. The van der Waals surface area contributed by atoms with Crippen LogP contribution in [0.3, 0.4) is 0 Å². The summed E-state index contributed by atoms with van der Waals surface area (Å²) in [6.45, 7) is 0. The van der Waals surface area contributed by atoms with Gasteiger partial charge >= 0.3 is 0 Å². The number of halogens is 2. The van der Waals surface area contributed by atoms with Gasteiger partial charge in [0.15, 0.2) is 37.9 Å². The summed E-state index contributed by atoms with van der Waals surface area (Å²) < 4.78 is 62.2. The summed E-state index contributed by atoms with van der Waals surface area (Å²) in [6, 6.07) is 14.1. The van der Waals surface area contributed by atoms with Crippen molar-refractivity contribution in [2.75, 3.05) is 6.26 Å². The first kappa shape index (κ1) is 23.3. The van der Waals surface area contributed by atoms with Crippen molar-refractivity contribution in [1.82, 2.24) is 24.9 Å². The highest BCUT2D eigenvalue weighted by atomic mass is 32.2. The number of ether oxygens (including phenoxy) is 2. The molecule has 36 heavy (non-hydrogen) atoms. The number of sulfone groups is 1. The predicted molar refractivity (Wildman–Crippen MR) is 126 cm³/mol. The Bertz CT molecular complexity index is 1640. The number of aromatic nitrogens is 5. The number of hydrogen-bond donors (Lipinski definition) is 1. The second-order valence-electron chi connectivity index (χ2n) is 7.61. The lowest BCUT2D eigenvalue weighted by Gasteiger charge is -2.14. The van der Waals surface area contributed by atoms with E-state index >= 15 is 0 Å². The Kier molecular flexibility index (Phi) is 6.02. The number of benzene rings is 1. The second-order valence-corrected chi connectivity index (χ2v) is 9.57. The monoisotopic (exact) mass is 509 g/mol. The van der Waals surface area contributed by atoms with Gasteiger partial charge in [0, 0.05) is 30.8 Å². The smallest absolute Gasteiger partial charge is 0.284 e. The van der Waals surface area contributed by atoms with Crippen LogP contribution in [0.1, 0.15) is 12.1 Å². The van der Waals surface area contributed by atoms with Crippen LogP contribution in [-0.2, 0) is 9.84 Å². The number of pyridine rings is 3. The minimum absolute atomic E-state index is 0.0867. The fraction of sp³-hybridized carbons (Fsp3) is 0.0833. The van der Waals surface area contributed by atoms with Gasteiger partial charge in [0.1, 0.15) is 17.1 Å². The molecule has 4 heterocycles. The second kappa shape index (κ2) is 9.30. The maximum Gasteiger partial charge on any atom is 0.284 e. The lowest BCUT2D eigenvalue weighted by Crippen LogP contribution is -2.00. The zero-order valence-corrected chi connectivity index (χ0v) is 19.4. The van der Waals surface area contributed by atoms with Crippen molar-refractivity contribution in [3.63, 3.8) is 0 Å². The van der Waals surface area contributed by atoms with Crippen LogP contribution in [0.2, 0.25) is 0 Å². The first-order chi connectivity index (χ1) is 17.3. The summed E-state index contributed by atoms with van der Waals surface area (Å²) in [5.41, 5.74) is 1.12. The third kappa shape index (κ3) is 4.84. The Morgan fingerprint density at radius 1 is 0.889 bits per heavy atom. The van der Waals surface area contributed by atoms with Gasteiger partial charge in [0.05, 0.1) is 17.2 Å². The maximum atomic E-state index is 13.5. The predicted octanol–water partition coefficient (Wildman–Crippen LogP) is 5.34. The van der Waals surface area contributed by atoms with E-state index in [2.05, 4.69) is 24.9 Å². The van der Waals surface area contributed by atoms with Crippen molar-refractivity contribution in [2.45, 2.75) is 11.5 Å². The van der Waals surface area contributed by atoms with E-state index in [-0.39, 0.29) is 28.0 Å². The van der Waals surface area contributed by atoms with Crippen LogP contribution in [0, 0.1) is 0 Å². The van der Waals surface area contributed by atoms with Gasteiger partial charge in [-0.25, -0.2) is 27.2 Å². The highest BCUT2D eigenvalue weighted by Crippen LogP contribution is 2.40. The van der Waals surface area contributed by atoms with Gasteiger partial charge in [-0.15, -0.1) is 0 Å². The average molecular weight is 509 g/mol. The third-order valence-corrected chi connectivity index (χ3v) is 6.00. The number of hydrogen-bond acceptors (Lipinski definition) is 8. The molecule has 0 aliphatic heterocycles. The molecular weight excluding hydrogens is 492 g/mol. The van der Waals surface area contributed by atoms with Crippen molar-refractivity contribution >= 4 is 20.9 Å².